The van der Waals surface area contributed by atoms with Crippen molar-refractivity contribution in [2.45, 2.75) is 116 Å². The van der Waals surface area contributed by atoms with Crippen LogP contribution in [0, 0.1) is 0 Å². The van der Waals surface area contributed by atoms with E-state index in [2.05, 4.69) is 17.2 Å². The lowest BCUT2D eigenvalue weighted by Crippen LogP contribution is -2.46. The largest absolute Gasteiger partial charge is 0.368 e. The Labute approximate surface area is 199 Å². The molecular weight excluding hydrogens is 418 g/mol. The maximum absolute atomic E-state index is 12.4. The molecule has 8 heteroatoms. The molecule has 0 spiro atoms. The van der Waals surface area contributed by atoms with Gasteiger partial charge in [0.1, 0.15) is 12.4 Å². The molecule has 5 N–H and O–H groups in total. The highest BCUT2D eigenvalue weighted by Gasteiger charge is 2.20. The lowest BCUT2D eigenvalue weighted by atomic mass is 10.0. The smallest absolute Gasteiger partial charge is 0.240 e. The molecule has 0 saturated carbocycles. The van der Waals surface area contributed by atoms with Crippen LogP contribution in [-0.2, 0) is 16.0 Å². The number of imidazole rings is 1. The van der Waals surface area contributed by atoms with Gasteiger partial charge in [-0.3, -0.25) is 19.0 Å². The Morgan fingerprint density at radius 1 is 0.909 bits per heavy atom. The van der Waals surface area contributed by atoms with Crippen molar-refractivity contribution in [3.05, 3.63) is 18.2 Å². The van der Waals surface area contributed by atoms with E-state index in [1.165, 1.54) is 81.5 Å². The predicted molar refractivity (Wildman–Crippen MR) is 132 cm³/mol. The first-order valence-electron chi connectivity index (χ1n) is 12.8. The average Bonchev–Trinajstić information content (AvgIpc) is 3.25. The number of unbranched alkanes of at least 4 members (excludes halogenated alkanes) is 12. The Morgan fingerprint density at radius 3 is 1.97 bits per heavy atom. The normalized spacial score (nSPS) is 11.9. The fourth-order valence-electron chi connectivity index (χ4n) is 3.86. The summed E-state index contributed by atoms with van der Waals surface area (Å²) in [4.78, 5) is 39.9. The Bertz CT molecular complexity index is 689. The molecular formula is C25H45N5O3. The molecule has 0 fully saturated rings. The van der Waals surface area contributed by atoms with E-state index in [1.54, 1.807) is 6.20 Å². The second-order valence-corrected chi connectivity index (χ2v) is 8.92. The number of primary amides is 1. The Balaban J connectivity index is 2.17. The summed E-state index contributed by atoms with van der Waals surface area (Å²) >= 11 is 0. The van der Waals surface area contributed by atoms with Gasteiger partial charge in [-0.15, -0.1) is 0 Å². The number of nitrogens with two attached hydrogens (primary N) is 2. The minimum Gasteiger partial charge on any atom is -0.368 e. The van der Waals surface area contributed by atoms with Crippen molar-refractivity contribution in [1.82, 2.24) is 14.9 Å². The topological polar surface area (TPSA) is 133 Å². The molecule has 0 aliphatic carbocycles. The third-order valence-corrected chi connectivity index (χ3v) is 5.88. The van der Waals surface area contributed by atoms with Gasteiger partial charge in [-0.25, -0.2) is 4.98 Å². The van der Waals surface area contributed by atoms with Gasteiger partial charge >= 0.3 is 0 Å². The molecule has 0 aliphatic rings. The number of hydrogen-bond acceptors (Lipinski definition) is 5. The molecule has 0 bridgehead atoms. The average molecular weight is 464 g/mol. The molecule has 1 heterocycles. The van der Waals surface area contributed by atoms with E-state index in [4.69, 9.17) is 11.5 Å². The monoisotopic (exact) mass is 463 g/mol. The first-order chi connectivity index (χ1) is 16.0. The zero-order valence-electron chi connectivity index (χ0n) is 20.5. The van der Waals surface area contributed by atoms with E-state index >= 15 is 0 Å². The number of aromatic nitrogens is 2. The van der Waals surface area contributed by atoms with Gasteiger partial charge in [-0.1, -0.05) is 84.0 Å². The molecule has 1 atom stereocenters. The maximum atomic E-state index is 12.4. The highest BCUT2D eigenvalue weighted by Crippen LogP contribution is 2.13. The van der Waals surface area contributed by atoms with E-state index in [0.717, 1.165) is 12.8 Å². The minimum atomic E-state index is -0.872. The van der Waals surface area contributed by atoms with E-state index in [-0.39, 0.29) is 31.2 Å². The summed E-state index contributed by atoms with van der Waals surface area (Å²) in [5, 5.41) is 2.56. The van der Waals surface area contributed by atoms with Gasteiger partial charge in [0.15, 0.2) is 0 Å². The third-order valence-electron chi connectivity index (χ3n) is 5.88. The summed E-state index contributed by atoms with van der Waals surface area (Å²) in [7, 11) is 0. The zero-order valence-corrected chi connectivity index (χ0v) is 20.5. The Kier molecular flexibility index (Phi) is 15.9. The van der Waals surface area contributed by atoms with Crippen LogP contribution in [0.3, 0.4) is 0 Å². The molecule has 0 aliphatic heterocycles. The van der Waals surface area contributed by atoms with E-state index < -0.39 is 11.9 Å². The van der Waals surface area contributed by atoms with Crippen LogP contribution in [0.2, 0.25) is 0 Å². The molecule has 1 aromatic heterocycles. The van der Waals surface area contributed by atoms with Crippen molar-refractivity contribution in [1.29, 1.82) is 0 Å². The number of carbonyl (C=O) groups excluding carboxylic acids is 3. The quantitative estimate of drug-likeness (QED) is 0.252. The van der Waals surface area contributed by atoms with Gasteiger partial charge in [0.25, 0.3) is 0 Å². The first-order valence-corrected chi connectivity index (χ1v) is 12.8. The van der Waals surface area contributed by atoms with Crippen molar-refractivity contribution >= 4 is 17.7 Å². The lowest BCUT2D eigenvalue weighted by Gasteiger charge is -2.13. The number of hydrogen-bond donors (Lipinski definition) is 3. The van der Waals surface area contributed by atoms with Crippen molar-refractivity contribution in [3.63, 3.8) is 0 Å². The van der Waals surface area contributed by atoms with Crippen LogP contribution in [0.25, 0.3) is 0 Å². The van der Waals surface area contributed by atoms with Crippen LogP contribution in [0.4, 0.5) is 0 Å². The molecule has 33 heavy (non-hydrogen) atoms. The van der Waals surface area contributed by atoms with E-state index in [9.17, 15) is 14.4 Å². The van der Waals surface area contributed by atoms with Gasteiger partial charge < -0.3 is 16.8 Å². The van der Waals surface area contributed by atoms with Crippen LogP contribution in [-0.4, -0.2) is 39.9 Å². The summed E-state index contributed by atoms with van der Waals surface area (Å²) in [5.74, 6) is -0.993. The van der Waals surface area contributed by atoms with Crippen LogP contribution in [0.1, 0.15) is 114 Å². The van der Waals surface area contributed by atoms with Gasteiger partial charge in [0.2, 0.25) is 17.7 Å². The van der Waals surface area contributed by atoms with Crippen LogP contribution in [0.15, 0.2) is 12.5 Å². The molecule has 2 amide bonds. The molecule has 1 unspecified atom stereocenters. The minimum absolute atomic E-state index is 0.0142. The van der Waals surface area contributed by atoms with Gasteiger partial charge in [0, 0.05) is 32.0 Å². The molecule has 0 radical (unpaired) electrons. The third kappa shape index (κ3) is 13.8. The van der Waals surface area contributed by atoms with Crippen molar-refractivity contribution in [2.75, 3.05) is 6.54 Å². The standard InChI is InChI=1S/C25H45N5O3/c1-2-3-4-5-6-7-8-9-10-11-12-13-14-15-24(32)30-19-21(28-20-30)18-22(25(27)33)29-23(31)16-17-26/h19-20,22H,2-18,26H2,1H3,(H2,27,33)(H,29,31). The van der Waals surface area contributed by atoms with Crippen LogP contribution >= 0.6 is 0 Å². The number of rotatable bonds is 20. The van der Waals surface area contributed by atoms with Gasteiger partial charge in [0.05, 0.1) is 5.69 Å². The van der Waals surface area contributed by atoms with Gasteiger partial charge in [-0.2, -0.15) is 0 Å². The number of nitrogens with zero attached hydrogens (tertiary/aromatic N) is 2. The summed E-state index contributed by atoms with van der Waals surface area (Å²) in [5.41, 5.74) is 11.3. The van der Waals surface area contributed by atoms with E-state index in [1.807, 2.05) is 0 Å². The zero-order chi connectivity index (χ0) is 24.3. The second kappa shape index (κ2) is 18.2. The number of amides is 2. The Hall–Kier alpha value is -2.22. The summed E-state index contributed by atoms with van der Waals surface area (Å²) in [6, 6.07) is -0.872. The number of nitrogens with one attached hydrogen (secondary N) is 1. The molecule has 1 rings (SSSR count). The van der Waals surface area contributed by atoms with Crippen molar-refractivity contribution < 1.29 is 14.4 Å². The highest BCUT2D eigenvalue weighted by molar-refractivity contribution is 5.86. The summed E-state index contributed by atoms with van der Waals surface area (Å²) < 4.78 is 1.45. The second-order valence-electron chi connectivity index (χ2n) is 8.92. The predicted octanol–water partition coefficient (Wildman–Crippen LogP) is 3.87. The van der Waals surface area contributed by atoms with Crippen LogP contribution < -0.4 is 16.8 Å². The molecule has 1 aromatic rings. The highest BCUT2D eigenvalue weighted by atomic mass is 16.2. The SMILES string of the molecule is CCCCCCCCCCCCCCCC(=O)n1cnc(CC(NC(=O)CCN)C(N)=O)c1. The Morgan fingerprint density at radius 2 is 1.45 bits per heavy atom. The van der Waals surface area contributed by atoms with Gasteiger partial charge in [-0.05, 0) is 6.42 Å². The molecule has 0 saturated heterocycles. The first kappa shape index (κ1) is 28.8. The molecule has 8 nitrogen and oxygen atoms in total. The molecule has 188 valence electrons. The summed E-state index contributed by atoms with van der Waals surface area (Å²) in [6.07, 6.45) is 20.3. The van der Waals surface area contributed by atoms with Crippen molar-refractivity contribution in [3.8, 4) is 0 Å². The fourth-order valence-corrected chi connectivity index (χ4v) is 3.86. The van der Waals surface area contributed by atoms with Crippen LogP contribution in [0.5, 0.6) is 0 Å². The lowest BCUT2D eigenvalue weighted by molar-refractivity contribution is -0.127. The van der Waals surface area contributed by atoms with E-state index in [0.29, 0.717) is 12.1 Å². The fraction of sp³-hybridized carbons (Fsp3) is 0.760. The molecule has 0 aromatic carbocycles. The van der Waals surface area contributed by atoms with Crippen molar-refractivity contribution in [2.24, 2.45) is 11.5 Å². The summed E-state index contributed by atoms with van der Waals surface area (Å²) in [6.45, 7) is 2.45. The maximum Gasteiger partial charge on any atom is 0.240 e. The number of carbonyl (C=O) groups is 3.